The van der Waals surface area contributed by atoms with Crippen molar-refractivity contribution in [3.05, 3.63) is 35.4 Å². The largest absolute Gasteiger partial charge is 0.490 e. The highest BCUT2D eigenvalue weighted by Crippen LogP contribution is 2.28. The smallest absolute Gasteiger partial charge is 0.475 e. The summed E-state index contributed by atoms with van der Waals surface area (Å²) in [5, 5.41) is 14.2. The van der Waals surface area contributed by atoms with Crippen molar-refractivity contribution in [3.8, 4) is 0 Å². The van der Waals surface area contributed by atoms with Crippen molar-refractivity contribution in [2.75, 3.05) is 33.2 Å². The van der Waals surface area contributed by atoms with Crippen molar-refractivity contribution >= 4 is 11.9 Å². The first-order valence-corrected chi connectivity index (χ1v) is 11.1. The highest BCUT2D eigenvalue weighted by Gasteiger charge is 2.39. The van der Waals surface area contributed by atoms with E-state index in [-0.39, 0.29) is 0 Å². The summed E-state index contributed by atoms with van der Waals surface area (Å²) in [5.41, 5.74) is 3.19. The van der Waals surface area contributed by atoms with Gasteiger partial charge in [-0.1, -0.05) is 38.1 Å². The lowest BCUT2D eigenvalue weighted by atomic mass is 9.83. The predicted molar refractivity (Wildman–Crippen MR) is 117 cm³/mol. The number of carboxylic acids is 2. The van der Waals surface area contributed by atoms with Gasteiger partial charge >= 0.3 is 24.3 Å². The Bertz CT molecular complexity index is 805. The van der Waals surface area contributed by atoms with E-state index < -0.39 is 24.3 Å². The Morgan fingerprint density at radius 1 is 0.971 bits per heavy atom. The number of likely N-dealkylation sites (N-methyl/N-ethyl adjacent to an activating group) is 1. The van der Waals surface area contributed by atoms with Crippen LogP contribution in [-0.2, 0) is 22.4 Å². The third-order valence-corrected chi connectivity index (χ3v) is 5.93. The minimum absolute atomic E-state index is 0.737. The van der Waals surface area contributed by atoms with Gasteiger partial charge in [0.15, 0.2) is 0 Å². The number of nitrogens with zero attached hydrogens (tertiary/aromatic N) is 2. The van der Waals surface area contributed by atoms with Crippen LogP contribution in [0.25, 0.3) is 0 Å². The van der Waals surface area contributed by atoms with E-state index in [9.17, 15) is 26.3 Å². The molecule has 1 saturated heterocycles. The van der Waals surface area contributed by atoms with E-state index in [2.05, 4.69) is 55.0 Å². The van der Waals surface area contributed by atoms with Crippen LogP contribution in [0.1, 0.15) is 31.4 Å². The standard InChI is InChI=1S/C19H30N2.2C2HF3O2/c1-15(2)19-14-20(3)10-11-21(19)13-16-8-9-17-6-4-5-7-18(17)12-16;2*3-2(4,5)1(6)7/h4-7,15-16,19H,8-14H2,1-3H3;2*(H,6,7)/t16?,19-;;/m1../s1. The number of carbonyl (C=O) groups is 2. The van der Waals surface area contributed by atoms with E-state index in [1.807, 2.05) is 0 Å². The maximum atomic E-state index is 10.6. The van der Waals surface area contributed by atoms with Gasteiger partial charge < -0.3 is 15.1 Å². The van der Waals surface area contributed by atoms with Crippen LogP contribution in [-0.4, -0.2) is 83.6 Å². The fraction of sp³-hybridized carbons (Fsp3) is 0.652. The molecule has 0 saturated carbocycles. The van der Waals surface area contributed by atoms with Crippen molar-refractivity contribution in [1.29, 1.82) is 0 Å². The topological polar surface area (TPSA) is 81.1 Å². The van der Waals surface area contributed by atoms with Gasteiger partial charge in [-0.05, 0) is 49.3 Å². The quantitative estimate of drug-likeness (QED) is 0.585. The first kappa shape index (κ1) is 30.7. The normalized spacial score (nSPS) is 21.2. The molecule has 6 nitrogen and oxygen atoms in total. The zero-order chi connectivity index (χ0) is 27.0. The molecule has 1 unspecified atom stereocenters. The van der Waals surface area contributed by atoms with Gasteiger partial charge in [0.1, 0.15) is 0 Å². The number of piperazine rings is 1. The zero-order valence-corrected chi connectivity index (χ0v) is 19.9. The Hall–Kier alpha value is -2.34. The van der Waals surface area contributed by atoms with E-state index in [4.69, 9.17) is 19.8 Å². The summed E-state index contributed by atoms with van der Waals surface area (Å²) in [6.07, 6.45) is -6.23. The van der Waals surface area contributed by atoms with E-state index in [1.54, 1.807) is 11.1 Å². The molecule has 2 N–H and O–H groups in total. The molecular weight excluding hydrogens is 482 g/mol. The van der Waals surface area contributed by atoms with Crippen LogP contribution in [0.3, 0.4) is 0 Å². The fourth-order valence-electron chi connectivity index (χ4n) is 4.11. The van der Waals surface area contributed by atoms with Crippen LogP contribution in [0.4, 0.5) is 26.3 Å². The number of hydrogen-bond acceptors (Lipinski definition) is 4. The number of hydrogen-bond donors (Lipinski definition) is 2. The molecule has 2 aliphatic rings. The number of carboxylic acid groups (broad SMARTS) is 2. The van der Waals surface area contributed by atoms with Crippen LogP contribution in [0.2, 0.25) is 0 Å². The number of rotatable bonds is 3. The Balaban J connectivity index is 0.000000362. The van der Waals surface area contributed by atoms with E-state index in [1.165, 1.54) is 45.4 Å². The van der Waals surface area contributed by atoms with Gasteiger partial charge in [0, 0.05) is 32.2 Å². The highest BCUT2D eigenvalue weighted by molar-refractivity contribution is 5.73. The molecule has 1 aliphatic heterocycles. The molecule has 12 heteroatoms. The minimum atomic E-state index is -5.08. The second-order valence-corrected chi connectivity index (χ2v) is 9.05. The van der Waals surface area contributed by atoms with Crippen molar-refractivity contribution in [2.24, 2.45) is 11.8 Å². The predicted octanol–water partition coefficient (Wildman–Crippen LogP) is 4.33. The van der Waals surface area contributed by atoms with Crippen LogP contribution >= 0.6 is 0 Å². The highest BCUT2D eigenvalue weighted by atomic mass is 19.4. The van der Waals surface area contributed by atoms with Crippen molar-refractivity contribution in [3.63, 3.8) is 0 Å². The van der Waals surface area contributed by atoms with Gasteiger partial charge in [0.05, 0.1) is 0 Å². The van der Waals surface area contributed by atoms with Gasteiger partial charge in [0.2, 0.25) is 0 Å². The van der Waals surface area contributed by atoms with Crippen molar-refractivity contribution in [2.45, 2.75) is 51.5 Å². The lowest BCUT2D eigenvalue weighted by molar-refractivity contribution is -0.193. The van der Waals surface area contributed by atoms with Gasteiger partial charge in [-0.25, -0.2) is 9.59 Å². The number of benzene rings is 1. The first-order valence-electron chi connectivity index (χ1n) is 11.1. The van der Waals surface area contributed by atoms with Gasteiger partial charge in [-0.2, -0.15) is 26.3 Å². The summed E-state index contributed by atoms with van der Waals surface area (Å²) >= 11 is 0. The molecule has 3 rings (SSSR count). The first-order chi connectivity index (χ1) is 16.0. The lowest BCUT2D eigenvalue weighted by Crippen LogP contribution is -2.55. The molecule has 1 aromatic rings. The van der Waals surface area contributed by atoms with Crippen LogP contribution < -0.4 is 0 Å². The molecule has 1 aromatic carbocycles. The number of halogens is 6. The summed E-state index contributed by atoms with van der Waals surface area (Å²) in [5.74, 6) is -3.91. The third-order valence-electron chi connectivity index (χ3n) is 5.93. The number of alkyl halides is 6. The van der Waals surface area contributed by atoms with E-state index in [0.717, 1.165) is 17.9 Å². The summed E-state index contributed by atoms with van der Waals surface area (Å²) < 4.78 is 63.5. The SMILES string of the molecule is CC(C)[C@H]1CN(C)CCN1CC1CCc2ccccc2C1.O=C(O)C(F)(F)F.O=C(O)C(F)(F)F. The van der Waals surface area contributed by atoms with Crippen LogP contribution in [0.5, 0.6) is 0 Å². The average Bonchev–Trinajstić information content (AvgIpc) is 2.74. The molecule has 2 atom stereocenters. The fourth-order valence-corrected chi connectivity index (χ4v) is 4.11. The maximum absolute atomic E-state index is 10.6. The Morgan fingerprint density at radius 3 is 1.91 bits per heavy atom. The number of fused-ring (bicyclic) bond motifs is 1. The average molecular weight is 515 g/mol. The Kier molecular flexibility index (Phi) is 11.5. The monoisotopic (exact) mass is 514 g/mol. The van der Waals surface area contributed by atoms with E-state index in [0.29, 0.717) is 0 Å². The summed E-state index contributed by atoms with van der Waals surface area (Å²) in [4.78, 5) is 23.1. The molecule has 0 aromatic heterocycles. The van der Waals surface area contributed by atoms with Crippen LogP contribution in [0, 0.1) is 11.8 Å². The third kappa shape index (κ3) is 10.9. The molecule has 1 aliphatic carbocycles. The lowest BCUT2D eigenvalue weighted by Gasteiger charge is -2.44. The second kappa shape index (κ2) is 13.1. The van der Waals surface area contributed by atoms with Crippen LogP contribution in [0.15, 0.2) is 24.3 Å². The molecule has 35 heavy (non-hydrogen) atoms. The van der Waals surface area contributed by atoms with Crippen molar-refractivity contribution < 1.29 is 46.1 Å². The minimum Gasteiger partial charge on any atom is -0.475 e. The van der Waals surface area contributed by atoms with Gasteiger partial charge in [-0.15, -0.1) is 0 Å². The molecule has 0 radical (unpaired) electrons. The summed E-state index contributed by atoms with van der Waals surface area (Å²) in [7, 11) is 2.27. The summed E-state index contributed by atoms with van der Waals surface area (Å²) in [6.45, 7) is 9.77. The van der Waals surface area contributed by atoms with Gasteiger partial charge in [-0.3, -0.25) is 4.90 Å². The zero-order valence-electron chi connectivity index (χ0n) is 19.9. The molecule has 0 spiro atoms. The summed E-state index contributed by atoms with van der Waals surface area (Å²) in [6, 6.07) is 9.78. The van der Waals surface area contributed by atoms with E-state index >= 15 is 0 Å². The molecule has 1 fully saturated rings. The second-order valence-electron chi connectivity index (χ2n) is 9.05. The van der Waals surface area contributed by atoms with Gasteiger partial charge in [0.25, 0.3) is 0 Å². The molecular formula is C23H32F6N2O4. The van der Waals surface area contributed by atoms with Crippen molar-refractivity contribution in [1.82, 2.24) is 9.80 Å². The molecule has 0 amide bonds. The molecule has 200 valence electrons. The number of aryl methyl sites for hydroxylation is 1. The Morgan fingerprint density at radius 2 is 1.46 bits per heavy atom. The molecule has 0 bridgehead atoms. The number of aliphatic carboxylic acids is 2. The maximum Gasteiger partial charge on any atom is 0.490 e. The Labute approximate surface area is 200 Å². The molecule has 1 heterocycles.